The Morgan fingerprint density at radius 2 is 2.40 bits per heavy atom. The smallest absolute Gasteiger partial charge is 0.240 e. The summed E-state index contributed by atoms with van der Waals surface area (Å²) in [6.45, 7) is 0.403. The molecule has 1 aromatic rings. The fraction of sp³-hybridized carbons (Fsp3) is 0.200. The minimum absolute atomic E-state index is 0.295. The van der Waals surface area contributed by atoms with Crippen molar-refractivity contribution in [3.63, 3.8) is 0 Å². The van der Waals surface area contributed by atoms with E-state index >= 15 is 0 Å². The second-order valence-electron chi connectivity index (χ2n) is 3.04. The van der Waals surface area contributed by atoms with E-state index in [4.69, 9.17) is 4.74 Å². The van der Waals surface area contributed by atoms with Crippen LogP contribution in [0.2, 0.25) is 0 Å². The first-order chi connectivity index (χ1) is 7.31. The van der Waals surface area contributed by atoms with Gasteiger partial charge in [0.1, 0.15) is 17.8 Å². The number of aliphatic hydroxyl groups excluding tert-OH is 1. The summed E-state index contributed by atoms with van der Waals surface area (Å²) < 4.78 is 5.11. The fourth-order valence-corrected chi connectivity index (χ4v) is 1.37. The van der Waals surface area contributed by atoms with E-state index in [1.165, 1.54) is 6.33 Å². The fourth-order valence-electron chi connectivity index (χ4n) is 1.37. The number of ether oxygens (including phenoxy) is 1. The molecule has 0 aromatic carbocycles. The molecule has 5 nitrogen and oxygen atoms in total. The second-order valence-corrected chi connectivity index (χ2v) is 3.04. The molecule has 0 aliphatic carbocycles. The number of methoxy groups -OCH3 is 1. The van der Waals surface area contributed by atoms with E-state index in [1.54, 1.807) is 25.5 Å². The normalized spacial score (nSPS) is 15.0. The number of hydrogen-bond donors (Lipinski definition) is 1. The summed E-state index contributed by atoms with van der Waals surface area (Å²) in [5.41, 5.74) is 0.732. The van der Waals surface area contributed by atoms with E-state index in [0.717, 1.165) is 5.69 Å². The van der Waals surface area contributed by atoms with Gasteiger partial charge in [-0.1, -0.05) is 0 Å². The minimum Gasteiger partial charge on any atom is -0.510 e. The standard InChI is InChI=1S/C10H11N3O2/c1-15-10-9(5-11-7-12-10)13-4-2-3-8(14)6-13/h2-5,7,14H,6H2,1H3. The number of rotatable bonds is 2. The van der Waals surface area contributed by atoms with Crippen LogP contribution in [0.4, 0.5) is 5.69 Å². The molecule has 0 unspecified atom stereocenters. The van der Waals surface area contributed by atoms with Crippen molar-refractivity contribution in [2.24, 2.45) is 0 Å². The molecule has 0 spiro atoms. The molecule has 0 bridgehead atoms. The van der Waals surface area contributed by atoms with Gasteiger partial charge < -0.3 is 14.7 Å². The number of allylic oxidation sites excluding steroid dienone is 2. The predicted octanol–water partition coefficient (Wildman–Crippen LogP) is 1.26. The molecule has 0 saturated heterocycles. The zero-order valence-electron chi connectivity index (χ0n) is 8.29. The highest BCUT2D eigenvalue weighted by molar-refractivity contribution is 5.57. The largest absolute Gasteiger partial charge is 0.510 e. The molecule has 1 aromatic heterocycles. The monoisotopic (exact) mass is 205 g/mol. The Morgan fingerprint density at radius 3 is 3.13 bits per heavy atom. The lowest BCUT2D eigenvalue weighted by Gasteiger charge is -2.22. The maximum atomic E-state index is 9.39. The van der Waals surface area contributed by atoms with Gasteiger partial charge in [-0.05, 0) is 12.2 Å². The van der Waals surface area contributed by atoms with Crippen LogP contribution in [0.15, 0.2) is 36.6 Å². The van der Waals surface area contributed by atoms with Gasteiger partial charge in [-0.3, -0.25) is 0 Å². The number of aliphatic hydroxyl groups is 1. The number of aromatic nitrogens is 2. The van der Waals surface area contributed by atoms with Gasteiger partial charge >= 0.3 is 0 Å². The molecule has 15 heavy (non-hydrogen) atoms. The summed E-state index contributed by atoms with van der Waals surface area (Å²) in [6, 6.07) is 0. The van der Waals surface area contributed by atoms with E-state index in [9.17, 15) is 5.11 Å². The molecular weight excluding hydrogens is 194 g/mol. The predicted molar refractivity (Wildman–Crippen MR) is 55.8 cm³/mol. The highest BCUT2D eigenvalue weighted by Gasteiger charge is 2.14. The summed E-state index contributed by atoms with van der Waals surface area (Å²) in [4.78, 5) is 9.73. The van der Waals surface area contributed by atoms with Crippen molar-refractivity contribution in [1.29, 1.82) is 0 Å². The molecule has 0 atom stereocenters. The Hall–Kier alpha value is -2.04. The highest BCUT2D eigenvalue weighted by atomic mass is 16.5. The maximum Gasteiger partial charge on any atom is 0.240 e. The van der Waals surface area contributed by atoms with Crippen LogP contribution in [0.5, 0.6) is 5.88 Å². The summed E-state index contributed by atoms with van der Waals surface area (Å²) in [5, 5.41) is 9.39. The van der Waals surface area contributed by atoms with Crippen LogP contribution >= 0.6 is 0 Å². The molecule has 1 aliphatic heterocycles. The first-order valence-electron chi connectivity index (χ1n) is 4.48. The maximum absolute atomic E-state index is 9.39. The van der Waals surface area contributed by atoms with Crippen LogP contribution in [0.1, 0.15) is 0 Å². The van der Waals surface area contributed by atoms with Crippen molar-refractivity contribution in [2.45, 2.75) is 0 Å². The molecule has 2 heterocycles. The third-order valence-electron chi connectivity index (χ3n) is 2.05. The third-order valence-corrected chi connectivity index (χ3v) is 2.05. The average molecular weight is 205 g/mol. The van der Waals surface area contributed by atoms with Crippen molar-refractivity contribution in [2.75, 3.05) is 18.6 Å². The van der Waals surface area contributed by atoms with Crippen molar-refractivity contribution < 1.29 is 9.84 Å². The highest BCUT2D eigenvalue weighted by Crippen LogP contribution is 2.25. The Morgan fingerprint density at radius 1 is 1.53 bits per heavy atom. The molecule has 0 radical (unpaired) electrons. The molecular formula is C10H11N3O2. The molecule has 2 rings (SSSR count). The third kappa shape index (κ3) is 1.90. The van der Waals surface area contributed by atoms with Crippen molar-refractivity contribution in [3.05, 3.63) is 36.6 Å². The van der Waals surface area contributed by atoms with E-state index in [1.807, 2.05) is 11.1 Å². The Bertz CT molecular complexity index is 415. The molecule has 0 fully saturated rings. The Labute approximate surface area is 87.3 Å². The van der Waals surface area contributed by atoms with Crippen molar-refractivity contribution >= 4 is 5.69 Å². The van der Waals surface area contributed by atoms with Crippen LogP contribution in [0.3, 0.4) is 0 Å². The molecule has 0 amide bonds. The summed E-state index contributed by atoms with van der Waals surface area (Å²) in [6.07, 6.45) is 8.31. The van der Waals surface area contributed by atoms with E-state index in [0.29, 0.717) is 18.2 Å². The topological polar surface area (TPSA) is 58.5 Å². The van der Waals surface area contributed by atoms with Crippen molar-refractivity contribution in [1.82, 2.24) is 9.97 Å². The molecule has 1 aliphatic rings. The number of hydrogen-bond acceptors (Lipinski definition) is 5. The van der Waals surface area contributed by atoms with Crippen LogP contribution in [0.25, 0.3) is 0 Å². The number of anilines is 1. The molecule has 78 valence electrons. The minimum atomic E-state index is 0.295. The quantitative estimate of drug-likeness (QED) is 0.787. The van der Waals surface area contributed by atoms with Gasteiger partial charge in [-0.2, -0.15) is 4.98 Å². The Kier molecular flexibility index (Phi) is 2.53. The first kappa shape index (κ1) is 9.51. The molecule has 0 saturated carbocycles. The first-order valence-corrected chi connectivity index (χ1v) is 4.48. The van der Waals surface area contributed by atoms with Gasteiger partial charge in [0, 0.05) is 6.20 Å². The van der Waals surface area contributed by atoms with E-state index in [2.05, 4.69) is 9.97 Å². The molecule has 1 N–H and O–H groups in total. The van der Waals surface area contributed by atoms with E-state index < -0.39 is 0 Å². The van der Waals surface area contributed by atoms with Crippen LogP contribution < -0.4 is 9.64 Å². The van der Waals surface area contributed by atoms with Crippen LogP contribution in [0, 0.1) is 0 Å². The van der Waals surface area contributed by atoms with E-state index in [-0.39, 0.29) is 0 Å². The zero-order chi connectivity index (χ0) is 10.7. The zero-order valence-corrected chi connectivity index (χ0v) is 8.29. The SMILES string of the molecule is COc1ncncc1N1C=CC=C(O)C1. The summed E-state index contributed by atoms with van der Waals surface area (Å²) in [7, 11) is 1.55. The van der Waals surface area contributed by atoms with Crippen LogP contribution in [-0.4, -0.2) is 28.7 Å². The van der Waals surface area contributed by atoms with Gasteiger partial charge in [0.15, 0.2) is 0 Å². The summed E-state index contributed by atoms with van der Waals surface area (Å²) >= 11 is 0. The average Bonchev–Trinajstić information content (AvgIpc) is 2.29. The van der Waals surface area contributed by atoms with Crippen molar-refractivity contribution in [3.8, 4) is 5.88 Å². The van der Waals surface area contributed by atoms with Gasteiger partial charge in [-0.15, -0.1) is 0 Å². The summed E-state index contributed by atoms with van der Waals surface area (Å²) in [5.74, 6) is 0.785. The number of nitrogens with zero attached hydrogens (tertiary/aromatic N) is 3. The van der Waals surface area contributed by atoms with Gasteiger partial charge in [0.2, 0.25) is 5.88 Å². The van der Waals surface area contributed by atoms with Gasteiger partial charge in [0.25, 0.3) is 0 Å². The lowest BCUT2D eigenvalue weighted by atomic mass is 10.3. The second kappa shape index (κ2) is 4.00. The van der Waals surface area contributed by atoms with Gasteiger partial charge in [-0.25, -0.2) is 4.98 Å². The molecule has 5 heteroatoms. The van der Waals surface area contributed by atoms with Gasteiger partial charge in [0.05, 0.1) is 19.9 Å². The Balaban J connectivity index is 2.30. The lowest BCUT2D eigenvalue weighted by Crippen LogP contribution is -2.22. The van der Waals surface area contributed by atoms with Crippen LogP contribution in [-0.2, 0) is 0 Å². The lowest BCUT2D eigenvalue weighted by molar-refractivity contribution is 0.390.